The third-order valence-electron chi connectivity index (χ3n) is 2.83. The normalized spacial score (nSPS) is 13.7. The van der Waals surface area contributed by atoms with Crippen molar-refractivity contribution in [2.24, 2.45) is 4.99 Å². The molecule has 0 saturated heterocycles. The highest BCUT2D eigenvalue weighted by atomic mass is 35.5. The van der Waals surface area contributed by atoms with Crippen LogP contribution in [0.2, 0.25) is 5.02 Å². The Morgan fingerprint density at radius 2 is 2.19 bits per heavy atom. The minimum atomic E-state index is 0.503. The third kappa shape index (κ3) is 4.29. The Morgan fingerprint density at radius 1 is 1.38 bits per heavy atom. The summed E-state index contributed by atoms with van der Waals surface area (Å²) >= 11 is 6.21. The van der Waals surface area contributed by atoms with E-state index >= 15 is 0 Å². The first-order valence-corrected chi connectivity index (χ1v) is 7.33. The second kappa shape index (κ2) is 7.78. The van der Waals surface area contributed by atoms with Crippen molar-refractivity contribution in [2.75, 3.05) is 26.3 Å². The van der Waals surface area contributed by atoms with Crippen LogP contribution in [0, 0.1) is 0 Å². The van der Waals surface area contributed by atoms with Crippen molar-refractivity contribution in [1.29, 1.82) is 0 Å². The zero-order valence-electron chi connectivity index (χ0n) is 12.1. The molecule has 6 heteroatoms. The van der Waals surface area contributed by atoms with Crippen LogP contribution in [0.5, 0.6) is 11.5 Å². The minimum Gasteiger partial charge on any atom is -0.486 e. The summed E-state index contributed by atoms with van der Waals surface area (Å²) in [7, 11) is 0. The van der Waals surface area contributed by atoms with E-state index in [4.69, 9.17) is 21.1 Å². The molecule has 0 saturated carbocycles. The Hall–Kier alpha value is -1.88. The van der Waals surface area contributed by atoms with Crippen LogP contribution in [0.15, 0.2) is 29.8 Å². The van der Waals surface area contributed by atoms with E-state index in [9.17, 15) is 0 Å². The van der Waals surface area contributed by atoms with Crippen LogP contribution in [0.3, 0.4) is 0 Å². The van der Waals surface area contributed by atoms with Crippen LogP contribution in [0.4, 0.5) is 0 Å². The van der Waals surface area contributed by atoms with Crippen molar-refractivity contribution in [3.8, 4) is 11.5 Å². The van der Waals surface area contributed by atoms with Gasteiger partial charge >= 0.3 is 0 Å². The lowest BCUT2D eigenvalue weighted by molar-refractivity contribution is 0.171. The number of hydrogen-bond donors (Lipinski definition) is 2. The molecule has 2 N–H and O–H groups in total. The summed E-state index contributed by atoms with van der Waals surface area (Å²) in [5.74, 6) is 2.04. The van der Waals surface area contributed by atoms with Crippen LogP contribution in [0.1, 0.15) is 12.5 Å². The van der Waals surface area contributed by atoms with Crippen LogP contribution >= 0.6 is 11.6 Å². The summed E-state index contributed by atoms with van der Waals surface area (Å²) in [5.41, 5.74) is 0.972. The third-order valence-corrected chi connectivity index (χ3v) is 3.12. The van der Waals surface area contributed by atoms with E-state index in [1.807, 2.05) is 19.1 Å². The molecule has 1 aromatic rings. The maximum atomic E-state index is 6.21. The van der Waals surface area contributed by atoms with Gasteiger partial charge in [-0.3, -0.25) is 0 Å². The molecule has 0 unspecified atom stereocenters. The summed E-state index contributed by atoms with van der Waals surface area (Å²) in [6, 6.07) is 3.77. The van der Waals surface area contributed by atoms with Gasteiger partial charge in [-0.25, -0.2) is 4.99 Å². The molecule has 0 atom stereocenters. The molecular weight excluding hydrogens is 290 g/mol. The number of ether oxygens (including phenoxy) is 2. The predicted molar refractivity (Wildman–Crippen MR) is 85.5 cm³/mol. The molecule has 1 aliphatic heterocycles. The molecular formula is C15H20ClN3O2. The van der Waals surface area contributed by atoms with Gasteiger partial charge in [-0.15, -0.1) is 6.58 Å². The van der Waals surface area contributed by atoms with Crippen LogP contribution in [-0.2, 0) is 6.54 Å². The minimum absolute atomic E-state index is 0.503. The molecule has 1 heterocycles. The first kappa shape index (κ1) is 15.5. The van der Waals surface area contributed by atoms with E-state index in [1.165, 1.54) is 0 Å². The monoisotopic (exact) mass is 309 g/mol. The van der Waals surface area contributed by atoms with Crippen molar-refractivity contribution in [3.05, 3.63) is 35.4 Å². The maximum Gasteiger partial charge on any atom is 0.191 e. The predicted octanol–water partition coefficient (Wildman–Crippen LogP) is 2.35. The lowest BCUT2D eigenvalue weighted by Crippen LogP contribution is -2.37. The Balaban J connectivity index is 2.10. The molecule has 1 aromatic carbocycles. The van der Waals surface area contributed by atoms with Gasteiger partial charge in [-0.2, -0.15) is 0 Å². The lowest BCUT2D eigenvalue weighted by atomic mass is 10.2. The van der Waals surface area contributed by atoms with Gasteiger partial charge in [0.25, 0.3) is 0 Å². The molecule has 0 spiro atoms. The van der Waals surface area contributed by atoms with Crippen molar-refractivity contribution in [3.63, 3.8) is 0 Å². The highest BCUT2D eigenvalue weighted by molar-refractivity contribution is 6.32. The van der Waals surface area contributed by atoms with E-state index in [2.05, 4.69) is 22.2 Å². The Morgan fingerprint density at radius 3 is 2.95 bits per heavy atom. The summed E-state index contributed by atoms with van der Waals surface area (Å²) in [5, 5.41) is 6.87. The number of fused-ring (bicyclic) bond motifs is 1. The molecule has 21 heavy (non-hydrogen) atoms. The van der Waals surface area contributed by atoms with Gasteiger partial charge in [0.1, 0.15) is 13.2 Å². The van der Waals surface area contributed by atoms with E-state index in [-0.39, 0.29) is 0 Å². The number of nitrogens with one attached hydrogen (secondary N) is 2. The average Bonchev–Trinajstić information content (AvgIpc) is 2.50. The van der Waals surface area contributed by atoms with Crippen molar-refractivity contribution >= 4 is 17.6 Å². The van der Waals surface area contributed by atoms with Gasteiger partial charge in [0.05, 0.1) is 11.6 Å². The number of nitrogens with zero attached hydrogens (tertiary/aromatic N) is 1. The van der Waals surface area contributed by atoms with Crippen LogP contribution in [-0.4, -0.2) is 32.3 Å². The largest absolute Gasteiger partial charge is 0.486 e. The standard InChI is InChI=1S/C15H20ClN3O2/c1-3-5-18-15(17-4-2)19-10-11-8-12(16)14-13(9-11)20-6-7-21-14/h3,8-9H,1,4-7,10H2,2H3,(H2,17,18,19). The lowest BCUT2D eigenvalue weighted by Gasteiger charge is -2.20. The molecule has 0 radical (unpaired) electrons. The van der Waals surface area contributed by atoms with Gasteiger partial charge in [-0.05, 0) is 24.6 Å². The summed E-state index contributed by atoms with van der Waals surface area (Å²) in [6.45, 7) is 8.73. The fourth-order valence-corrected chi connectivity index (χ4v) is 2.22. The first-order valence-electron chi connectivity index (χ1n) is 6.95. The zero-order valence-corrected chi connectivity index (χ0v) is 12.9. The molecule has 0 aromatic heterocycles. The summed E-state index contributed by atoms with van der Waals surface area (Å²) in [6.07, 6.45) is 1.79. The van der Waals surface area contributed by atoms with Crippen LogP contribution < -0.4 is 20.1 Å². The van der Waals surface area contributed by atoms with Crippen LogP contribution in [0.25, 0.3) is 0 Å². The Kier molecular flexibility index (Phi) is 5.75. The topological polar surface area (TPSA) is 54.9 Å². The Bertz CT molecular complexity index is 532. The second-order valence-electron chi connectivity index (χ2n) is 4.47. The maximum absolute atomic E-state index is 6.21. The molecule has 1 aliphatic rings. The van der Waals surface area contributed by atoms with E-state index in [0.717, 1.165) is 18.1 Å². The van der Waals surface area contributed by atoms with Gasteiger partial charge < -0.3 is 20.1 Å². The number of rotatable bonds is 5. The van der Waals surface area contributed by atoms with E-state index in [0.29, 0.717) is 42.8 Å². The second-order valence-corrected chi connectivity index (χ2v) is 4.87. The van der Waals surface area contributed by atoms with Gasteiger partial charge in [0.15, 0.2) is 17.5 Å². The van der Waals surface area contributed by atoms with Crippen molar-refractivity contribution in [2.45, 2.75) is 13.5 Å². The van der Waals surface area contributed by atoms with Gasteiger partial charge in [0, 0.05) is 13.1 Å². The quantitative estimate of drug-likeness (QED) is 0.498. The summed E-state index contributed by atoms with van der Waals surface area (Å²) in [4.78, 5) is 4.50. The fraction of sp³-hybridized carbons (Fsp3) is 0.400. The van der Waals surface area contributed by atoms with E-state index in [1.54, 1.807) is 6.08 Å². The average molecular weight is 310 g/mol. The van der Waals surface area contributed by atoms with Gasteiger partial charge in [0.2, 0.25) is 0 Å². The number of guanidine groups is 1. The summed E-state index contributed by atoms with van der Waals surface area (Å²) < 4.78 is 11.1. The number of hydrogen-bond acceptors (Lipinski definition) is 3. The highest BCUT2D eigenvalue weighted by Gasteiger charge is 2.16. The molecule has 0 fully saturated rings. The number of benzene rings is 1. The molecule has 114 valence electrons. The number of halogens is 1. The Labute approximate surface area is 130 Å². The fourth-order valence-electron chi connectivity index (χ4n) is 1.94. The van der Waals surface area contributed by atoms with Crippen molar-refractivity contribution < 1.29 is 9.47 Å². The van der Waals surface area contributed by atoms with E-state index < -0.39 is 0 Å². The number of aliphatic imine (C=N–C) groups is 1. The first-order chi connectivity index (χ1) is 10.2. The zero-order chi connectivity index (χ0) is 15.1. The molecule has 5 nitrogen and oxygen atoms in total. The van der Waals surface area contributed by atoms with Crippen molar-refractivity contribution in [1.82, 2.24) is 10.6 Å². The highest BCUT2D eigenvalue weighted by Crippen LogP contribution is 2.38. The molecule has 0 aliphatic carbocycles. The van der Waals surface area contributed by atoms with Gasteiger partial charge in [-0.1, -0.05) is 17.7 Å². The SMILES string of the molecule is C=CCNC(=NCc1cc(Cl)c2c(c1)OCCO2)NCC. The molecule has 2 rings (SSSR count). The smallest absolute Gasteiger partial charge is 0.191 e. The molecule has 0 bridgehead atoms. The molecule has 0 amide bonds.